The smallest absolute Gasteiger partial charge is 0.207 e. The molecule has 1 saturated heterocycles. The average Bonchev–Trinajstić information content (AvgIpc) is 2.51. The number of aliphatic hydroxyl groups is 4. The molecule has 0 bridgehead atoms. The SMILES string of the molecule is CCC(O)C(O)C(CO[C@@H]1CC[C@@H](O)C(CO)O1)NC=O. The van der Waals surface area contributed by atoms with Crippen LogP contribution >= 0.6 is 0 Å². The number of hydrogen-bond donors (Lipinski definition) is 5. The molecule has 8 nitrogen and oxygen atoms in total. The second kappa shape index (κ2) is 9.29. The molecule has 1 aliphatic rings. The van der Waals surface area contributed by atoms with Gasteiger partial charge in [-0.3, -0.25) is 4.79 Å². The summed E-state index contributed by atoms with van der Waals surface area (Å²) in [5, 5.41) is 40.6. The minimum atomic E-state index is -1.15. The van der Waals surface area contributed by atoms with Gasteiger partial charge < -0.3 is 35.2 Å². The number of ether oxygens (including phenoxy) is 2. The Bertz CT molecular complexity index is 304. The van der Waals surface area contributed by atoms with Gasteiger partial charge in [-0.15, -0.1) is 0 Å². The van der Waals surface area contributed by atoms with Crippen LogP contribution in [0.5, 0.6) is 0 Å². The van der Waals surface area contributed by atoms with Crippen molar-refractivity contribution in [1.29, 1.82) is 0 Å². The molecule has 0 aliphatic carbocycles. The molecular weight excluding hydrogens is 282 g/mol. The van der Waals surface area contributed by atoms with E-state index < -0.39 is 36.7 Å². The molecule has 0 aromatic carbocycles. The minimum Gasteiger partial charge on any atom is -0.394 e. The average molecular weight is 307 g/mol. The van der Waals surface area contributed by atoms with Crippen LogP contribution in [0.1, 0.15) is 26.2 Å². The maximum Gasteiger partial charge on any atom is 0.207 e. The summed E-state index contributed by atoms with van der Waals surface area (Å²) in [5.41, 5.74) is 0. The number of amides is 1. The van der Waals surface area contributed by atoms with Gasteiger partial charge in [0.1, 0.15) is 12.2 Å². The topological polar surface area (TPSA) is 128 Å². The van der Waals surface area contributed by atoms with E-state index in [0.717, 1.165) is 0 Å². The number of carbonyl (C=O) groups is 1. The van der Waals surface area contributed by atoms with Gasteiger partial charge in [0.25, 0.3) is 0 Å². The van der Waals surface area contributed by atoms with Gasteiger partial charge in [-0.2, -0.15) is 0 Å². The van der Waals surface area contributed by atoms with Crippen molar-refractivity contribution in [1.82, 2.24) is 5.32 Å². The predicted octanol–water partition coefficient (Wildman–Crippen LogP) is -1.89. The van der Waals surface area contributed by atoms with Crippen LogP contribution in [-0.4, -0.2) is 76.8 Å². The van der Waals surface area contributed by atoms with Crippen LogP contribution < -0.4 is 5.32 Å². The Labute approximate surface area is 123 Å². The molecule has 6 atom stereocenters. The lowest BCUT2D eigenvalue weighted by molar-refractivity contribution is -0.233. The monoisotopic (exact) mass is 307 g/mol. The highest BCUT2D eigenvalue weighted by Crippen LogP contribution is 2.20. The van der Waals surface area contributed by atoms with E-state index in [2.05, 4.69) is 5.32 Å². The van der Waals surface area contributed by atoms with Crippen LogP contribution in [0, 0.1) is 0 Å². The maximum atomic E-state index is 10.6. The summed E-state index contributed by atoms with van der Waals surface area (Å²) in [6.07, 6.45) is -2.53. The highest BCUT2D eigenvalue weighted by atomic mass is 16.7. The summed E-state index contributed by atoms with van der Waals surface area (Å²) in [6, 6.07) is -0.763. The predicted molar refractivity (Wildman–Crippen MR) is 72.2 cm³/mol. The Morgan fingerprint density at radius 2 is 2.14 bits per heavy atom. The van der Waals surface area contributed by atoms with E-state index >= 15 is 0 Å². The first-order valence-electron chi connectivity index (χ1n) is 7.15. The van der Waals surface area contributed by atoms with E-state index in [1.54, 1.807) is 6.92 Å². The summed E-state index contributed by atoms with van der Waals surface area (Å²) in [4.78, 5) is 10.6. The van der Waals surface area contributed by atoms with E-state index in [1.807, 2.05) is 0 Å². The zero-order chi connectivity index (χ0) is 15.8. The van der Waals surface area contributed by atoms with Crippen LogP contribution in [0.4, 0.5) is 0 Å². The first-order valence-corrected chi connectivity index (χ1v) is 7.15. The quantitative estimate of drug-likeness (QED) is 0.315. The summed E-state index contributed by atoms with van der Waals surface area (Å²) < 4.78 is 10.8. The van der Waals surface area contributed by atoms with Crippen molar-refractivity contribution in [2.75, 3.05) is 13.2 Å². The zero-order valence-electron chi connectivity index (χ0n) is 12.1. The normalized spacial score (nSPS) is 30.4. The highest BCUT2D eigenvalue weighted by Gasteiger charge is 2.31. The van der Waals surface area contributed by atoms with Gasteiger partial charge in [0.2, 0.25) is 6.41 Å². The third-order valence-electron chi connectivity index (χ3n) is 3.60. The van der Waals surface area contributed by atoms with Gasteiger partial charge >= 0.3 is 0 Å². The molecular formula is C13H25NO7. The van der Waals surface area contributed by atoms with E-state index in [0.29, 0.717) is 25.7 Å². The lowest BCUT2D eigenvalue weighted by Gasteiger charge is -2.34. The maximum absolute atomic E-state index is 10.6. The Morgan fingerprint density at radius 3 is 2.71 bits per heavy atom. The van der Waals surface area contributed by atoms with Gasteiger partial charge in [0.05, 0.1) is 31.5 Å². The molecule has 21 heavy (non-hydrogen) atoms. The van der Waals surface area contributed by atoms with Crippen LogP contribution in [0.2, 0.25) is 0 Å². The molecule has 4 unspecified atom stereocenters. The minimum absolute atomic E-state index is 0.0458. The van der Waals surface area contributed by atoms with Crippen molar-refractivity contribution in [2.45, 2.75) is 62.9 Å². The lowest BCUT2D eigenvalue weighted by Crippen LogP contribution is -2.50. The lowest BCUT2D eigenvalue weighted by atomic mass is 10.0. The van der Waals surface area contributed by atoms with Crippen molar-refractivity contribution in [3.05, 3.63) is 0 Å². The zero-order valence-corrected chi connectivity index (χ0v) is 12.1. The number of nitrogens with one attached hydrogen (secondary N) is 1. The Kier molecular flexibility index (Phi) is 8.09. The van der Waals surface area contributed by atoms with Crippen LogP contribution in [0.15, 0.2) is 0 Å². The second-order valence-corrected chi connectivity index (χ2v) is 5.12. The van der Waals surface area contributed by atoms with Gasteiger partial charge in [0, 0.05) is 6.42 Å². The van der Waals surface area contributed by atoms with E-state index in [-0.39, 0.29) is 13.2 Å². The highest BCUT2D eigenvalue weighted by molar-refractivity contribution is 5.46. The Balaban J connectivity index is 2.47. The fraction of sp³-hybridized carbons (Fsp3) is 0.923. The number of carbonyl (C=O) groups excluding carboxylic acids is 1. The molecule has 1 amide bonds. The van der Waals surface area contributed by atoms with Gasteiger partial charge in [0.15, 0.2) is 6.29 Å². The largest absolute Gasteiger partial charge is 0.394 e. The van der Waals surface area contributed by atoms with E-state index in [4.69, 9.17) is 14.6 Å². The number of aliphatic hydroxyl groups excluding tert-OH is 4. The van der Waals surface area contributed by atoms with Crippen molar-refractivity contribution < 1.29 is 34.7 Å². The van der Waals surface area contributed by atoms with E-state index in [1.165, 1.54) is 0 Å². The van der Waals surface area contributed by atoms with Crippen LogP contribution in [0.25, 0.3) is 0 Å². The molecule has 1 rings (SSSR count). The molecule has 124 valence electrons. The molecule has 0 aromatic rings. The summed E-state index contributed by atoms with van der Waals surface area (Å²) in [7, 11) is 0. The molecule has 5 N–H and O–H groups in total. The van der Waals surface area contributed by atoms with Gasteiger partial charge in [-0.25, -0.2) is 0 Å². The molecule has 0 aromatic heterocycles. The number of hydrogen-bond acceptors (Lipinski definition) is 7. The molecule has 8 heteroatoms. The summed E-state index contributed by atoms with van der Waals surface area (Å²) in [5.74, 6) is 0. The van der Waals surface area contributed by atoms with Crippen molar-refractivity contribution in [2.24, 2.45) is 0 Å². The standard InChI is InChI=1S/C13H25NO7/c1-2-9(17)13(19)8(14-7-16)6-20-12-4-3-10(18)11(5-15)21-12/h7-13,15,17-19H,2-6H2,1H3,(H,14,16)/t8?,9?,10-,11?,12+,13?/m1/s1. The Morgan fingerprint density at radius 1 is 1.43 bits per heavy atom. The van der Waals surface area contributed by atoms with Gasteiger partial charge in [-0.1, -0.05) is 6.92 Å². The molecule has 1 heterocycles. The summed E-state index contributed by atoms with van der Waals surface area (Å²) in [6.45, 7) is 1.36. The molecule has 0 radical (unpaired) electrons. The molecule has 0 saturated carbocycles. The summed E-state index contributed by atoms with van der Waals surface area (Å²) >= 11 is 0. The van der Waals surface area contributed by atoms with Crippen LogP contribution in [0.3, 0.4) is 0 Å². The molecule has 0 spiro atoms. The van der Waals surface area contributed by atoms with E-state index in [9.17, 15) is 20.1 Å². The van der Waals surface area contributed by atoms with Crippen molar-refractivity contribution in [3.8, 4) is 0 Å². The third kappa shape index (κ3) is 5.50. The van der Waals surface area contributed by atoms with Gasteiger partial charge in [-0.05, 0) is 12.8 Å². The first-order chi connectivity index (χ1) is 10.0. The fourth-order valence-electron chi connectivity index (χ4n) is 2.19. The Hall–Kier alpha value is -0.770. The van der Waals surface area contributed by atoms with Crippen molar-refractivity contribution >= 4 is 6.41 Å². The van der Waals surface area contributed by atoms with Crippen LogP contribution in [-0.2, 0) is 14.3 Å². The third-order valence-corrected chi connectivity index (χ3v) is 3.60. The molecule has 1 aliphatic heterocycles. The van der Waals surface area contributed by atoms with Crippen molar-refractivity contribution in [3.63, 3.8) is 0 Å². The number of rotatable bonds is 9. The molecule has 1 fully saturated rings. The first kappa shape index (κ1) is 18.3. The second-order valence-electron chi connectivity index (χ2n) is 5.12. The fourth-order valence-corrected chi connectivity index (χ4v) is 2.19.